The highest BCUT2D eigenvalue weighted by Gasteiger charge is 2.03. The van der Waals surface area contributed by atoms with Gasteiger partial charge in [-0.1, -0.05) is 23.6 Å². The van der Waals surface area contributed by atoms with Crippen LogP contribution in [-0.4, -0.2) is 26.7 Å². The summed E-state index contributed by atoms with van der Waals surface area (Å²) in [6.07, 6.45) is 5.17. The lowest BCUT2D eigenvalue weighted by molar-refractivity contribution is 0.736. The number of nitrogens with one attached hydrogen (secondary N) is 1. The minimum atomic E-state index is 0.640. The number of nitrogens with zero attached hydrogens (tertiary/aromatic N) is 1. The zero-order chi connectivity index (χ0) is 12.0. The van der Waals surface area contributed by atoms with Gasteiger partial charge < -0.3 is 10.2 Å². The Morgan fingerprint density at radius 1 is 1.38 bits per heavy atom. The molecule has 0 atom stereocenters. The van der Waals surface area contributed by atoms with E-state index in [2.05, 4.69) is 55.2 Å². The summed E-state index contributed by atoms with van der Waals surface area (Å²) in [6, 6.07) is 6.53. The second kappa shape index (κ2) is 6.19. The Balaban J connectivity index is 2.53. The third-order valence-corrected chi connectivity index (χ3v) is 2.61. The Labute approximate surface area is 98.7 Å². The Kier molecular flexibility index (Phi) is 4.88. The Morgan fingerprint density at radius 2 is 2.12 bits per heavy atom. The molecule has 0 amide bonds. The van der Waals surface area contributed by atoms with Gasteiger partial charge in [0, 0.05) is 25.8 Å². The molecule has 0 radical (unpaired) electrons. The van der Waals surface area contributed by atoms with Crippen molar-refractivity contribution in [1.82, 2.24) is 5.32 Å². The summed E-state index contributed by atoms with van der Waals surface area (Å²) in [4.78, 5) is 2.25. The lowest BCUT2D eigenvalue weighted by Crippen LogP contribution is -2.29. The molecule has 0 aliphatic rings. The minimum Gasteiger partial charge on any atom is -0.373 e. The van der Waals surface area contributed by atoms with Gasteiger partial charge in [-0.15, -0.1) is 6.42 Å². The first-order valence-corrected chi connectivity index (χ1v) is 5.57. The van der Waals surface area contributed by atoms with Crippen LogP contribution in [0.3, 0.4) is 0 Å². The maximum absolute atomic E-state index is 5.17. The smallest absolute Gasteiger partial charge is 0.0574 e. The van der Waals surface area contributed by atoms with Crippen LogP contribution >= 0.6 is 0 Å². The average molecular weight is 216 g/mol. The highest BCUT2D eigenvalue weighted by atomic mass is 15.1. The highest BCUT2D eigenvalue weighted by molar-refractivity contribution is 5.53. The number of anilines is 1. The molecule has 1 N–H and O–H groups in total. The standard InChI is InChI=1S/C14H20N2/c1-5-8-15-9-10-16(4)14-7-6-12(2)11-13(14)3/h1,6-7,11,15H,8-10H2,2-4H3. The number of hydrogen-bond donors (Lipinski definition) is 1. The van der Waals surface area contributed by atoms with Crippen molar-refractivity contribution in [2.45, 2.75) is 13.8 Å². The lowest BCUT2D eigenvalue weighted by Gasteiger charge is -2.21. The van der Waals surface area contributed by atoms with E-state index in [9.17, 15) is 0 Å². The van der Waals surface area contributed by atoms with Gasteiger partial charge in [-0.2, -0.15) is 0 Å². The molecule has 0 unspecified atom stereocenters. The third-order valence-electron chi connectivity index (χ3n) is 2.61. The molecular formula is C14H20N2. The number of hydrogen-bond acceptors (Lipinski definition) is 2. The maximum Gasteiger partial charge on any atom is 0.0574 e. The summed E-state index contributed by atoms with van der Waals surface area (Å²) >= 11 is 0. The Hall–Kier alpha value is -1.46. The van der Waals surface area contributed by atoms with Gasteiger partial charge in [0.05, 0.1) is 6.54 Å². The predicted octanol–water partition coefficient (Wildman–Crippen LogP) is 1.96. The van der Waals surface area contributed by atoms with Crippen LogP contribution in [0.5, 0.6) is 0 Å². The van der Waals surface area contributed by atoms with Gasteiger partial charge in [0.15, 0.2) is 0 Å². The lowest BCUT2D eigenvalue weighted by atomic mass is 10.1. The van der Waals surface area contributed by atoms with E-state index in [0.717, 1.165) is 13.1 Å². The fourth-order valence-electron chi connectivity index (χ4n) is 1.76. The van der Waals surface area contributed by atoms with Crippen molar-refractivity contribution in [3.8, 4) is 12.3 Å². The molecule has 0 aliphatic heterocycles. The number of likely N-dealkylation sites (N-methyl/N-ethyl adjacent to an activating group) is 1. The van der Waals surface area contributed by atoms with Gasteiger partial charge in [-0.25, -0.2) is 0 Å². The van der Waals surface area contributed by atoms with Gasteiger partial charge in [0.1, 0.15) is 0 Å². The number of terminal acetylenes is 1. The van der Waals surface area contributed by atoms with Gasteiger partial charge >= 0.3 is 0 Å². The monoisotopic (exact) mass is 216 g/mol. The summed E-state index contributed by atoms with van der Waals surface area (Å²) in [5.41, 5.74) is 3.91. The fourth-order valence-corrected chi connectivity index (χ4v) is 1.76. The molecular weight excluding hydrogens is 196 g/mol. The van der Waals surface area contributed by atoms with Gasteiger partial charge in [0.25, 0.3) is 0 Å². The molecule has 0 saturated carbocycles. The average Bonchev–Trinajstić information content (AvgIpc) is 2.24. The van der Waals surface area contributed by atoms with E-state index in [1.165, 1.54) is 16.8 Å². The van der Waals surface area contributed by atoms with Crippen molar-refractivity contribution in [2.75, 3.05) is 31.6 Å². The zero-order valence-electron chi connectivity index (χ0n) is 10.4. The molecule has 1 rings (SSSR count). The molecule has 0 spiro atoms. The first kappa shape index (κ1) is 12.6. The molecule has 1 aromatic rings. The van der Waals surface area contributed by atoms with Gasteiger partial charge in [0.2, 0.25) is 0 Å². The van der Waals surface area contributed by atoms with Crippen molar-refractivity contribution >= 4 is 5.69 Å². The van der Waals surface area contributed by atoms with Gasteiger partial charge in [-0.3, -0.25) is 0 Å². The van der Waals surface area contributed by atoms with Crippen LogP contribution in [0.4, 0.5) is 5.69 Å². The predicted molar refractivity (Wildman–Crippen MR) is 70.9 cm³/mol. The van der Waals surface area contributed by atoms with Crippen molar-refractivity contribution in [2.24, 2.45) is 0 Å². The minimum absolute atomic E-state index is 0.640. The molecule has 2 nitrogen and oxygen atoms in total. The van der Waals surface area contributed by atoms with Crippen LogP contribution in [0.2, 0.25) is 0 Å². The largest absolute Gasteiger partial charge is 0.373 e. The van der Waals surface area contributed by atoms with E-state index in [-0.39, 0.29) is 0 Å². The zero-order valence-corrected chi connectivity index (χ0v) is 10.4. The third kappa shape index (κ3) is 3.60. The van der Waals surface area contributed by atoms with E-state index in [1.807, 2.05) is 0 Å². The van der Waals surface area contributed by atoms with Crippen LogP contribution in [0, 0.1) is 26.2 Å². The normalized spacial score (nSPS) is 9.88. The van der Waals surface area contributed by atoms with Crippen LogP contribution in [0.1, 0.15) is 11.1 Å². The number of aryl methyl sites for hydroxylation is 2. The molecule has 86 valence electrons. The molecule has 0 saturated heterocycles. The molecule has 0 heterocycles. The second-order valence-corrected chi connectivity index (χ2v) is 4.09. The maximum atomic E-state index is 5.17. The molecule has 1 aromatic carbocycles. The summed E-state index contributed by atoms with van der Waals surface area (Å²) < 4.78 is 0. The van der Waals surface area contributed by atoms with Crippen LogP contribution in [-0.2, 0) is 0 Å². The van der Waals surface area contributed by atoms with E-state index in [0.29, 0.717) is 6.54 Å². The van der Waals surface area contributed by atoms with Gasteiger partial charge in [-0.05, 0) is 25.5 Å². The molecule has 16 heavy (non-hydrogen) atoms. The quantitative estimate of drug-likeness (QED) is 0.598. The van der Waals surface area contributed by atoms with Crippen LogP contribution in [0.25, 0.3) is 0 Å². The Bertz CT molecular complexity index is 377. The van der Waals surface area contributed by atoms with Crippen molar-refractivity contribution in [3.05, 3.63) is 29.3 Å². The highest BCUT2D eigenvalue weighted by Crippen LogP contribution is 2.19. The topological polar surface area (TPSA) is 15.3 Å². The summed E-state index contributed by atoms with van der Waals surface area (Å²) in [5.74, 6) is 2.57. The van der Waals surface area contributed by atoms with E-state index >= 15 is 0 Å². The van der Waals surface area contributed by atoms with E-state index < -0.39 is 0 Å². The van der Waals surface area contributed by atoms with Crippen LogP contribution in [0.15, 0.2) is 18.2 Å². The molecule has 0 aromatic heterocycles. The molecule has 0 aliphatic carbocycles. The number of benzene rings is 1. The van der Waals surface area contributed by atoms with Crippen LogP contribution < -0.4 is 10.2 Å². The summed E-state index contributed by atoms with van der Waals surface area (Å²) in [6.45, 7) is 6.78. The SMILES string of the molecule is C#CCNCCN(C)c1ccc(C)cc1C. The molecule has 0 fully saturated rings. The van der Waals surface area contributed by atoms with Crippen molar-refractivity contribution in [1.29, 1.82) is 0 Å². The molecule has 0 bridgehead atoms. The summed E-state index contributed by atoms with van der Waals surface area (Å²) in [7, 11) is 2.11. The van der Waals surface area contributed by atoms with Crippen molar-refractivity contribution < 1.29 is 0 Å². The van der Waals surface area contributed by atoms with E-state index in [1.54, 1.807) is 0 Å². The Morgan fingerprint density at radius 3 is 2.75 bits per heavy atom. The second-order valence-electron chi connectivity index (χ2n) is 4.09. The van der Waals surface area contributed by atoms with E-state index in [4.69, 9.17) is 6.42 Å². The van der Waals surface area contributed by atoms with Crippen molar-refractivity contribution in [3.63, 3.8) is 0 Å². The summed E-state index contributed by atoms with van der Waals surface area (Å²) in [5, 5.41) is 3.19. The number of rotatable bonds is 5. The molecule has 2 heteroatoms. The first-order valence-electron chi connectivity index (χ1n) is 5.57. The first-order chi connectivity index (χ1) is 7.65. The fraction of sp³-hybridized carbons (Fsp3) is 0.429.